The molecule has 2 rings (SSSR count). The average molecular weight is 362 g/mol. The molecule has 0 aliphatic carbocycles. The first kappa shape index (κ1) is 19.2. The lowest BCUT2D eigenvalue weighted by Crippen LogP contribution is -2.17. The second-order valence-electron chi connectivity index (χ2n) is 5.46. The highest BCUT2D eigenvalue weighted by Gasteiger charge is 2.20. The number of carbonyl (C=O) groups excluding carboxylic acids is 3. The number of carbonyl (C=O) groups is 3. The van der Waals surface area contributed by atoms with Crippen molar-refractivity contribution in [3.05, 3.63) is 33.7 Å². The fraction of sp³-hybridized carbons (Fsp3) is 0.333. The van der Waals surface area contributed by atoms with Crippen molar-refractivity contribution in [1.82, 2.24) is 0 Å². The van der Waals surface area contributed by atoms with Crippen LogP contribution >= 0.6 is 0 Å². The average Bonchev–Trinajstić information content (AvgIpc) is 2.49. The summed E-state index contributed by atoms with van der Waals surface area (Å²) >= 11 is 0. The van der Waals surface area contributed by atoms with Crippen molar-refractivity contribution in [2.24, 2.45) is 0 Å². The third kappa shape index (κ3) is 4.27. The van der Waals surface area contributed by atoms with Crippen LogP contribution in [0.25, 0.3) is 11.0 Å². The zero-order valence-corrected chi connectivity index (χ0v) is 14.8. The predicted molar refractivity (Wildman–Crippen MR) is 90.2 cm³/mol. The van der Waals surface area contributed by atoms with Crippen molar-refractivity contribution in [1.29, 1.82) is 0 Å². The van der Waals surface area contributed by atoms with Crippen molar-refractivity contribution < 1.29 is 33.0 Å². The summed E-state index contributed by atoms with van der Waals surface area (Å²) in [5.74, 6) is -1.66. The maximum absolute atomic E-state index is 12.3. The highest BCUT2D eigenvalue weighted by atomic mass is 16.5. The Hall–Kier alpha value is -3.16. The molecule has 138 valence electrons. The lowest BCUT2D eigenvalue weighted by atomic mass is 10.0. The molecule has 0 bridgehead atoms. The molecule has 1 heterocycles. The van der Waals surface area contributed by atoms with Gasteiger partial charge in [-0.05, 0) is 19.4 Å². The van der Waals surface area contributed by atoms with E-state index in [1.54, 1.807) is 13.8 Å². The van der Waals surface area contributed by atoms with E-state index < -0.39 is 23.5 Å². The largest absolute Gasteiger partial charge is 0.466 e. The maximum atomic E-state index is 12.3. The van der Waals surface area contributed by atoms with Gasteiger partial charge in [0.1, 0.15) is 17.1 Å². The zero-order chi connectivity index (χ0) is 19.4. The first-order chi connectivity index (χ1) is 12.2. The Morgan fingerprint density at radius 1 is 1.08 bits per heavy atom. The van der Waals surface area contributed by atoms with Gasteiger partial charge in [0.25, 0.3) is 0 Å². The number of hydrogen-bond acceptors (Lipinski definition) is 8. The molecule has 0 unspecified atom stereocenters. The lowest BCUT2D eigenvalue weighted by Gasteiger charge is -2.13. The number of benzene rings is 1. The van der Waals surface area contributed by atoms with E-state index in [-0.39, 0.29) is 35.7 Å². The molecule has 0 aliphatic rings. The molecule has 0 spiro atoms. The number of ether oxygens (including phenoxy) is 3. The first-order valence-corrected chi connectivity index (χ1v) is 7.85. The quantitative estimate of drug-likeness (QED) is 0.452. The van der Waals surface area contributed by atoms with Crippen molar-refractivity contribution in [3.8, 4) is 11.5 Å². The van der Waals surface area contributed by atoms with E-state index in [1.165, 1.54) is 26.0 Å². The topological polar surface area (TPSA) is 109 Å². The lowest BCUT2D eigenvalue weighted by molar-refractivity contribution is -0.142. The Bertz CT molecular complexity index is 938. The molecule has 1 aromatic carbocycles. The van der Waals surface area contributed by atoms with Crippen LogP contribution in [0.1, 0.15) is 31.9 Å². The van der Waals surface area contributed by atoms with Gasteiger partial charge in [0.15, 0.2) is 0 Å². The van der Waals surface area contributed by atoms with Crippen LogP contribution in [-0.2, 0) is 25.5 Å². The SMILES string of the molecule is CCOC(=O)Cc1c(C)c2c(OC(C)=O)cc(OC(C)=O)cc2oc1=O. The smallest absolute Gasteiger partial charge is 0.340 e. The van der Waals surface area contributed by atoms with Crippen LogP contribution in [0, 0.1) is 6.92 Å². The fourth-order valence-electron chi connectivity index (χ4n) is 2.50. The summed E-state index contributed by atoms with van der Waals surface area (Å²) in [6, 6.07) is 2.68. The van der Waals surface area contributed by atoms with Gasteiger partial charge < -0.3 is 18.6 Å². The number of aryl methyl sites for hydroxylation is 1. The summed E-state index contributed by atoms with van der Waals surface area (Å²) in [5.41, 5.74) is -0.147. The summed E-state index contributed by atoms with van der Waals surface area (Å²) in [6.07, 6.45) is -0.275. The second kappa shape index (κ2) is 7.81. The van der Waals surface area contributed by atoms with Crippen LogP contribution in [0.5, 0.6) is 11.5 Å². The monoisotopic (exact) mass is 362 g/mol. The van der Waals surface area contributed by atoms with Crippen molar-refractivity contribution >= 4 is 28.9 Å². The van der Waals surface area contributed by atoms with Gasteiger partial charge >= 0.3 is 23.5 Å². The van der Waals surface area contributed by atoms with Gasteiger partial charge in [-0.15, -0.1) is 0 Å². The van der Waals surface area contributed by atoms with E-state index >= 15 is 0 Å². The molecule has 1 aromatic heterocycles. The van der Waals surface area contributed by atoms with Gasteiger partial charge in [-0.3, -0.25) is 14.4 Å². The van der Waals surface area contributed by atoms with E-state index in [0.717, 1.165) is 0 Å². The molecule has 0 fully saturated rings. The Morgan fingerprint density at radius 2 is 1.73 bits per heavy atom. The molecule has 0 N–H and O–H groups in total. The number of fused-ring (bicyclic) bond motifs is 1. The van der Waals surface area contributed by atoms with Crippen molar-refractivity contribution in [3.63, 3.8) is 0 Å². The minimum absolute atomic E-state index is 0.0533. The standard InChI is InChI=1S/C18H18O8/c1-5-23-16(21)8-13-9(2)17-14(25-11(4)20)6-12(24-10(3)19)7-15(17)26-18(13)22/h6-7H,5,8H2,1-4H3. The molecule has 0 amide bonds. The molecule has 2 aromatic rings. The number of rotatable bonds is 5. The van der Waals surface area contributed by atoms with Gasteiger partial charge in [-0.1, -0.05) is 0 Å². The van der Waals surface area contributed by atoms with E-state index in [0.29, 0.717) is 10.9 Å². The van der Waals surface area contributed by atoms with Gasteiger partial charge in [-0.2, -0.15) is 0 Å². The summed E-state index contributed by atoms with van der Waals surface area (Å²) in [5, 5.41) is 0.329. The molecule has 0 saturated heterocycles. The molecule has 8 heteroatoms. The van der Waals surface area contributed by atoms with E-state index in [4.69, 9.17) is 18.6 Å². The molecule has 0 radical (unpaired) electrons. The number of hydrogen-bond donors (Lipinski definition) is 0. The van der Waals surface area contributed by atoms with Crippen molar-refractivity contribution in [2.45, 2.75) is 34.1 Å². The van der Waals surface area contributed by atoms with Crippen LogP contribution < -0.4 is 15.1 Å². The molecular weight excluding hydrogens is 344 g/mol. The van der Waals surface area contributed by atoms with Gasteiger partial charge in [-0.25, -0.2) is 4.79 Å². The summed E-state index contributed by atoms with van der Waals surface area (Å²) in [7, 11) is 0. The highest BCUT2D eigenvalue weighted by molar-refractivity contribution is 5.92. The van der Waals surface area contributed by atoms with Gasteiger partial charge in [0, 0.05) is 26.0 Å². The van der Waals surface area contributed by atoms with E-state index in [9.17, 15) is 19.2 Å². The maximum Gasteiger partial charge on any atom is 0.340 e. The summed E-state index contributed by atoms with van der Waals surface area (Å²) < 4.78 is 20.3. The third-order valence-corrected chi connectivity index (χ3v) is 3.46. The third-order valence-electron chi connectivity index (χ3n) is 3.46. The van der Waals surface area contributed by atoms with E-state index in [1.807, 2.05) is 0 Å². The summed E-state index contributed by atoms with van der Waals surface area (Å²) in [6.45, 7) is 5.86. The fourth-order valence-corrected chi connectivity index (χ4v) is 2.50. The predicted octanol–water partition coefficient (Wildman–Crippen LogP) is 2.06. The van der Waals surface area contributed by atoms with Crippen LogP contribution in [0.15, 0.2) is 21.3 Å². The Labute approximate surface area is 148 Å². The molecule has 26 heavy (non-hydrogen) atoms. The van der Waals surface area contributed by atoms with E-state index in [2.05, 4.69) is 0 Å². The van der Waals surface area contributed by atoms with Gasteiger partial charge in [0.2, 0.25) is 0 Å². The minimum Gasteiger partial charge on any atom is -0.466 e. The Kier molecular flexibility index (Phi) is 5.76. The highest BCUT2D eigenvalue weighted by Crippen LogP contribution is 2.34. The molecule has 0 aliphatic heterocycles. The second-order valence-corrected chi connectivity index (χ2v) is 5.46. The zero-order valence-electron chi connectivity index (χ0n) is 14.8. The van der Waals surface area contributed by atoms with Crippen LogP contribution in [0.4, 0.5) is 0 Å². The molecule has 0 saturated carbocycles. The molecule has 0 atom stereocenters. The first-order valence-electron chi connectivity index (χ1n) is 7.85. The van der Waals surface area contributed by atoms with Crippen molar-refractivity contribution in [2.75, 3.05) is 6.61 Å². The minimum atomic E-state index is -0.725. The number of esters is 3. The molecule has 8 nitrogen and oxygen atoms in total. The normalized spacial score (nSPS) is 10.5. The van der Waals surface area contributed by atoms with Gasteiger partial charge in [0.05, 0.1) is 24.0 Å². The van der Waals surface area contributed by atoms with Crippen LogP contribution in [0.3, 0.4) is 0 Å². The Morgan fingerprint density at radius 3 is 2.31 bits per heavy atom. The molecular formula is C18H18O8. The Balaban J connectivity index is 2.69. The van der Waals surface area contributed by atoms with Crippen LogP contribution in [-0.4, -0.2) is 24.5 Å². The summed E-state index contributed by atoms with van der Waals surface area (Å²) in [4.78, 5) is 46.6. The van der Waals surface area contributed by atoms with Crippen LogP contribution in [0.2, 0.25) is 0 Å².